The van der Waals surface area contributed by atoms with Crippen LogP contribution >= 0.6 is 0 Å². The van der Waals surface area contributed by atoms with E-state index in [0.29, 0.717) is 5.76 Å². The van der Waals surface area contributed by atoms with Crippen molar-refractivity contribution >= 4 is 12.0 Å². The number of carboxylic acid groups (broad SMARTS) is 1. The molecule has 1 atom stereocenters. The van der Waals surface area contributed by atoms with Crippen LogP contribution in [0, 0.1) is 13.8 Å². The molecule has 0 aromatic carbocycles. The number of rotatable bonds is 7. The van der Waals surface area contributed by atoms with Gasteiger partial charge in [0.1, 0.15) is 12.4 Å². The topological polar surface area (TPSA) is 114 Å². The van der Waals surface area contributed by atoms with Crippen LogP contribution in [0.15, 0.2) is 4.52 Å². The van der Waals surface area contributed by atoms with Gasteiger partial charge in [0.15, 0.2) is 0 Å². The summed E-state index contributed by atoms with van der Waals surface area (Å²) in [6.45, 7) is 5.41. The molecule has 0 saturated heterocycles. The van der Waals surface area contributed by atoms with Gasteiger partial charge in [0, 0.05) is 12.1 Å². The third kappa shape index (κ3) is 4.88. The second kappa shape index (κ2) is 7.49. The number of amides is 2. The molecule has 0 fully saturated rings. The quantitative estimate of drug-likeness (QED) is 0.637. The van der Waals surface area contributed by atoms with Gasteiger partial charge in [-0.1, -0.05) is 5.16 Å². The monoisotopic (exact) mass is 285 g/mol. The number of aliphatic carboxylic acids is 1. The van der Waals surface area contributed by atoms with Crippen LogP contribution in [0.1, 0.15) is 30.0 Å². The Balaban J connectivity index is 2.30. The minimum Gasteiger partial charge on any atom is -0.480 e. The van der Waals surface area contributed by atoms with Crippen molar-refractivity contribution in [2.24, 2.45) is 0 Å². The fourth-order valence-corrected chi connectivity index (χ4v) is 1.82. The summed E-state index contributed by atoms with van der Waals surface area (Å²) in [5, 5.41) is 17.5. The van der Waals surface area contributed by atoms with E-state index in [1.807, 2.05) is 13.8 Å². The molecule has 3 N–H and O–H groups in total. The summed E-state index contributed by atoms with van der Waals surface area (Å²) in [6.07, 6.45) is 0. The number of hydrogen-bond acceptors (Lipinski definition) is 5. The van der Waals surface area contributed by atoms with E-state index >= 15 is 0 Å². The molecule has 20 heavy (non-hydrogen) atoms. The van der Waals surface area contributed by atoms with E-state index in [1.54, 1.807) is 6.92 Å². The summed E-state index contributed by atoms with van der Waals surface area (Å²) >= 11 is 0. The van der Waals surface area contributed by atoms with E-state index in [1.165, 1.54) is 0 Å². The highest BCUT2D eigenvalue weighted by molar-refractivity contribution is 5.74. The first-order valence-corrected chi connectivity index (χ1v) is 6.18. The molecular formula is C12H19N3O5. The largest absolute Gasteiger partial charge is 0.480 e. The lowest BCUT2D eigenvalue weighted by Gasteiger charge is -2.14. The molecule has 1 heterocycles. The van der Waals surface area contributed by atoms with E-state index in [-0.39, 0.29) is 31.8 Å². The smallest absolute Gasteiger partial charge is 0.329 e. The van der Waals surface area contributed by atoms with E-state index in [0.717, 1.165) is 11.3 Å². The summed E-state index contributed by atoms with van der Waals surface area (Å²) in [5.41, 5.74) is 1.59. The average Bonchev–Trinajstić information content (AvgIpc) is 2.68. The first-order chi connectivity index (χ1) is 9.41. The van der Waals surface area contributed by atoms with Crippen LogP contribution in [0.3, 0.4) is 0 Å². The van der Waals surface area contributed by atoms with Gasteiger partial charge in [0.25, 0.3) is 0 Å². The molecule has 8 heteroatoms. The van der Waals surface area contributed by atoms with Gasteiger partial charge in [-0.2, -0.15) is 0 Å². The lowest BCUT2D eigenvalue weighted by atomic mass is 10.1. The number of carbonyl (C=O) groups is 2. The molecule has 1 aromatic heterocycles. The predicted octanol–water partition coefficient (Wildman–Crippen LogP) is 0.753. The van der Waals surface area contributed by atoms with Gasteiger partial charge in [0.05, 0.1) is 18.3 Å². The maximum absolute atomic E-state index is 11.6. The number of nitrogens with one attached hydrogen (secondary N) is 2. The van der Waals surface area contributed by atoms with Crippen LogP contribution in [0.5, 0.6) is 0 Å². The summed E-state index contributed by atoms with van der Waals surface area (Å²) in [7, 11) is 0. The first-order valence-electron chi connectivity index (χ1n) is 6.18. The molecule has 8 nitrogen and oxygen atoms in total. The SMILES string of the molecule is Cc1noc(C)c1C(C)NC(=O)NCCOCC(=O)O. The third-order valence-corrected chi connectivity index (χ3v) is 2.63. The van der Waals surface area contributed by atoms with Gasteiger partial charge in [0.2, 0.25) is 0 Å². The predicted molar refractivity (Wildman–Crippen MR) is 69.4 cm³/mol. The Labute approximate surface area is 116 Å². The summed E-state index contributed by atoms with van der Waals surface area (Å²) in [6, 6.07) is -0.599. The molecule has 112 valence electrons. The molecule has 1 rings (SSSR count). The van der Waals surface area contributed by atoms with Crippen molar-refractivity contribution in [3.63, 3.8) is 0 Å². The number of nitrogens with zero attached hydrogens (tertiary/aromatic N) is 1. The highest BCUT2D eigenvalue weighted by Gasteiger charge is 2.17. The summed E-state index contributed by atoms with van der Waals surface area (Å²) in [4.78, 5) is 21.8. The Hall–Kier alpha value is -2.09. The van der Waals surface area contributed by atoms with Crippen molar-refractivity contribution in [3.05, 3.63) is 17.0 Å². The molecule has 0 saturated carbocycles. The minimum absolute atomic E-state index is 0.138. The second-order valence-corrected chi connectivity index (χ2v) is 4.31. The zero-order valence-corrected chi connectivity index (χ0v) is 11.7. The van der Waals surface area contributed by atoms with Crippen molar-refractivity contribution in [2.45, 2.75) is 26.8 Å². The normalized spacial score (nSPS) is 11.9. The Morgan fingerprint density at radius 3 is 2.70 bits per heavy atom. The second-order valence-electron chi connectivity index (χ2n) is 4.31. The molecule has 1 unspecified atom stereocenters. The highest BCUT2D eigenvalue weighted by Crippen LogP contribution is 2.20. The number of ether oxygens (including phenoxy) is 1. The van der Waals surface area contributed by atoms with E-state index in [9.17, 15) is 9.59 Å². The zero-order chi connectivity index (χ0) is 15.1. The van der Waals surface area contributed by atoms with Crippen LogP contribution in [0.2, 0.25) is 0 Å². The van der Waals surface area contributed by atoms with Gasteiger partial charge in [-0.15, -0.1) is 0 Å². The molecule has 0 aliphatic rings. The fraction of sp³-hybridized carbons (Fsp3) is 0.583. The molecule has 0 bridgehead atoms. The van der Waals surface area contributed by atoms with Gasteiger partial charge in [-0.05, 0) is 20.8 Å². The van der Waals surface area contributed by atoms with Crippen LogP contribution in [0.4, 0.5) is 4.79 Å². The van der Waals surface area contributed by atoms with E-state index in [2.05, 4.69) is 15.8 Å². The molecule has 0 spiro atoms. The standard InChI is InChI=1S/C12H19N3O5/c1-7(11-8(2)15-20-9(11)3)14-12(18)13-4-5-19-6-10(16)17/h7H,4-6H2,1-3H3,(H,16,17)(H2,13,14,18). The minimum atomic E-state index is -1.04. The van der Waals surface area contributed by atoms with E-state index < -0.39 is 5.97 Å². The Morgan fingerprint density at radius 1 is 1.45 bits per heavy atom. The Morgan fingerprint density at radius 2 is 2.15 bits per heavy atom. The van der Waals surface area contributed by atoms with E-state index in [4.69, 9.17) is 14.4 Å². The highest BCUT2D eigenvalue weighted by atomic mass is 16.5. The van der Waals surface area contributed by atoms with Crippen molar-refractivity contribution in [1.29, 1.82) is 0 Å². The number of carboxylic acids is 1. The Bertz CT molecular complexity index is 452. The van der Waals surface area contributed by atoms with Gasteiger partial charge in [-0.25, -0.2) is 9.59 Å². The average molecular weight is 285 g/mol. The number of aromatic nitrogens is 1. The molecule has 0 radical (unpaired) electrons. The number of hydrogen-bond donors (Lipinski definition) is 3. The van der Waals surface area contributed by atoms with Crippen molar-refractivity contribution in [1.82, 2.24) is 15.8 Å². The van der Waals surface area contributed by atoms with Crippen LogP contribution < -0.4 is 10.6 Å². The Kier molecular flexibility index (Phi) is 5.98. The molecule has 2 amide bonds. The van der Waals surface area contributed by atoms with Gasteiger partial charge >= 0.3 is 12.0 Å². The van der Waals surface area contributed by atoms with Crippen molar-refractivity contribution < 1.29 is 24.0 Å². The molecule has 0 aliphatic carbocycles. The zero-order valence-electron chi connectivity index (χ0n) is 11.7. The lowest BCUT2D eigenvalue weighted by Crippen LogP contribution is -2.39. The molecule has 0 aliphatic heterocycles. The van der Waals surface area contributed by atoms with Crippen LogP contribution in [-0.4, -0.2) is 42.0 Å². The molecular weight excluding hydrogens is 266 g/mol. The number of aryl methyl sites for hydroxylation is 2. The van der Waals surface area contributed by atoms with Crippen molar-refractivity contribution in [3.8, 4) is 0 Å². The first kappa shape index (κ1) is 16.0. The fourth-order valence-electron chi connectivity index (χ4n) is 1.82. The van der Waals surface area contributed by atoms with Gasteiger partial charge in [-0.3, -0.25) is 0 Å². The number of urea groups is 1. The summed E-state index contributed by atoms with van der Waals surface area (Å²) < 4.78 is 9.83. The third-order valence-electron chi connectivity index (χ3n) is 2.63. The van der Waals surface area contributed by atoms with Crippen LogP contribution in [0.25, 0.3) is 0 Å². The summed E-state index contributed by atoms with van der Waals surface area (Å²) in [5.74, 6) is -0.374. The lowest BCUT2D eigenvalue weighted by molar-refractivity contribution is -0.142. The maximum Gasteiger partial charge on any atom is 0.329 e. The van der Waals surface area contributed by atoms with Gasteiger partial charge < -0.3 is 25.0 Å². The maximum atomic E-state index is 11.6. The molecule has 1 aromatic rings. The van der Waals surface area contributed by atoms with Crippen molar-refractivity contribution in [2.75, 3.05) is 19.8 Å². The van der Waals surface area contributed by atoms with Crippen LogP contribution in [-0.2, 0) is 9.53 Å². The number of carbonyl (C=O) groups excluding carboxylic acids is 1.